The van der Waals surface area contributed by atoms with Gasteiger partial charge in [0, 0.05) is 4.88 Å². The Morgan fingerprint density at radius 3 is 2.13 bits per heavy atom. The summed E-state index contributed by atoms with van der Waals surface area (Å²) in [6.45, 7) is 0. The lowest BCUT2D eigenvalue weighted by molar-refractivity contribution is -0.137. The fraction of sp³-hybridized carbons (Fsp3) is 0.111. The molecule has 1 aromatic heterocycles. The van der Waals surface area contributed by atoms with Crippen LogP contribution in [0, 0.1) is 0 Å². The lowest BCUT2D eigenvalue weighted by Gasteiger charge is -2.08. The zero-order valence-electron chi connectivity index (χ0n) is 11.9. The molecule has 0 saturated heterocycles. The second kappa shape index (κ2) is 6.18. The van der Waals surface area contributed by atoms with Crippen molar-refractivity contribution < 1.29 is 18.3 Å². The van der Waals surface area contributed by atoms with E-state index in [9.17, 15) is 18.3 Å². The van der Waals surface area contributed by atoms with E-state index in [1.54, 1.807) is 0 Å². The van der Waals surface area contributed by atoms with Gasteiger partial charge in [-0.25, -0.2) is 0 Å². The molecule has 1 nitrogen and oxygen atoms in total. The van der Waals surface area contributed by atoms with Gasteiger partial charge in [0.25, 0.3) is 0 Å². The quantitative estimate of drug-likeness (QED) is 0.669. The van der Waals surface area contributed by atoms with Crippen LogP contribution in [-0.4, -0.2) is 5.11 Å². The minimum atomic E-state index is -4.33. The molecule has 0 aliphatic rings. The van der Waals surface area contributed by atoms with Crippen LogP contribution in [0.25, 0.3) is 10.4 Å². The van der Waals surface area contributed by atoms with E-state index in [2.05, 4.69) is 0 Å². The summed E-state index contributed by atoms with van der Waals surface area (Å²) in [6, 6.07) is 16.1. The van der Waals surface area contributed by atoms with Crippen molar-refractivity contribution in [2.24, 2.45) is 0 Å². The SMILES string of the molecule is OC(c1ccccc1)c1csc(-c2ccc(C(F)(F)F)cc2)c1. The summed E-state index contributed by atoms with van der Waals surface area (Å²) in [7, 11) is 0. The Hall–Kier alpha value is -2.11. The van der Waals surface area contributed by atoms with Crippen LogP contribution in [0.3, 0.4) is 0 Å². The fourth-order valence-corrected chi connectivity index (χ4v) is 3.23. The lowest BCUT2D eigenvalue weighted by atomic mass is 10.0. The first-order valence-electron chi connectivity index (χ1n) is 6.94. The fourth-order valence-electron chi connectivity index (χ4n) is 2.30. The molecule has 0 amide bonds. The highest BCUT2D eigenvalue weighted by molar-refractivity contribution is 7.13. The average molecular weight is 334 g/mol. The van der Waals surface area contributed by atoms with E-state index in [1.165, 1.54) is 23.5 Å². The van der Waals surface area contributed by atoms with Crippen LogP contribution in [0.15, 0.2) is 66.0 Å². The van der Waals surface area contributed by atoms with E-state index in [0.717, 1.165) is 28.1 Å². The zero-order chi connectivity index (χ0) is 16.4. The Kier molecular flexibility index (Phi) is 4.24. The Morgan fingerprint density at radius 1 is 0.870 bits per heavy atom. The van der Waals surface area contributed by atoms with Crippen molar-refractivity contribution >= 4 is 11.3 Å². The number of rotatable bonds is 3. The number of benzene rings is 2. The molecule has 1 N–H and O–H groups in total. The standard InChI is InChI=1S/C18H13F3OS/c19-18(20,21)15-8-6-12(7-9-15)16-10-14(11-23-16)17(22)13-4-2-1-3-5-13/h1-11,17,22H. The molecule has 1 heterocycles. The molecule has 2 aromatic carbocycles. The van der Waals surface area contributed by atoms with Gasteiger partial charge in [0.1, 0.15) is 6.10 Å². The van der Waals surface area contributed by atoms with E-state index in [1.807, 2.05) is 41.8 Å². The van der Waals surface area contributed by atoms with E-state index in [4.69, 9.17) is 0 Å². The summed E-state index contributed by atoms with van der Waals surface area (Å²) in [5, 5.41) is 12.2. The number of aliphatic hydroxyl groups is 1. The van der Waals surface area contributed by atoms with E-state index < -0.39 is 17.8 Å². The third-order valence-electron chi connectivity index (χ3n) is 3.55. The maximum Gasteiger partial charge on any atom is 0.416 e. The van der Waals surface area contributed by atoms with E-state index in [0.29, 0.717) is 5.56 Å². The molecule has 3 rings (SSSR count). The lowest BCUT2D eigenvalue weighted by Crippen LogP contribution is -2.03. The van der Waals surface area contributed by atoms with E-state index >= 15 is 0 Å². The number of thiophene rings is 1. The largest absolute Gasteiger partial charge is 0.416 e. The molecule has 0 radical (unpaired) electrons. The van der Waals surface area contributed by atoms with Crippen molar-refractivity contribution in [1.29, 1.82) is 0 Å². The summed E-state index contributed by atoms with van der Waals surface area (Å²) < 4.78 is 37.8. The highest BCUT2D eigenvalue weighted by atomic mass is 32.1. The van der Waals surface area contributed by atoms with Gasteiger partial charge in [-0.3, -0.25) is 0 Å². The molecule has 0 saturated carbocycles. The van der Waals surface area contributed by atoms with Crippen molar-refractivity contribution in [2.75, 3.05) is 0 Å². The number of halogens is 3. The van der Waals surface area contributed by atoms with Crippen LogP contribution in [-0.2, 0) is 6.18 Å². The first-order valence-corrected chi connectivity index (χ1v) is 7.82. The van der Waals surface area contributed by atoms with Gasteiger partial charge >= 0.3 is 6.18 Å². The molecular formula is C18H13F3OS. The molecule has 118 valence electrons. The summed E-state index contributed by atoms with van der Waals surface area (Å²) in [5.41, 5.74) is 1.55. The van der Waals surface area contributed by atoms with Crippen LogP contribution in [0.5, 0.6) is 0 Å². The summed E-state index contributed by atoms with van der Waals surface area (Å²) >= 11 is 1.40. The molecule has 0 aliphatic carbocycles. The molecule has 3 aromatic rings. The van der Waals surface area contributed by atoms with Crippen molar-refractivity contribution in [2.45, 2.75) is 12.3 Å². The molecule has 0 fully saturated rings. The Labute approximate surface area is 135 Å². The Balaban J connectivity index is 1.85. The van der Waals surface area contributed by atoms with Crippen molar-refractivity contribution in [1.82, 2.24) is 0 Å². The Bertz CT molecular complexity index is 776. The summed E-state index contributed by atoms with van der Waals surface area (Å²) in [6.07, 6.45) is -5.07. The van der Waals surface area contributed by atoms with Crippen LogP contribution in [0.4, 0.5) is 13.2 Å². The van der Waals surface area contributed by atoms with Gasteiger partial charge < -0.3 is 5.11 Å². The van der Waals surface area contributed by atoms with Crippen LogP contribution in [0.2, 0.25) is 0 Å². The van der Waals surface area contributed by atoms with Crippen molar-refractivity contribution in [3.63, 3.8) is 0 Å². The maximum atomic E-state index is 12.6. The van der Waals surface area contributed by atoms with E-state index in [-0.39, 0.29) is 0 Å². The second-order valence-electron chi connectivity index (χ2n) is 5.13. The topological polar surface area (TPSA) is 20.2 Å². The Morgan fingerprint density at radius 2 is 1.52 bits per heavy atom. The predicted molar refractivity (Wildman–Crippen MR) is 85.3 cm³/mol. The number of alkyl halides is 3. The minimum absolute atomic E-state index is 0.664. The monoisotopic (exact) mass is 334 g/mol. The van der Waals surface area contributed by atoms with Crippen LogP contribution in [0.1, 0.15) is 22.8 Å². The first kappa shape index (κ1) is 15.8. The van der Waals surface area contributed by atoms with Gasteiger partial charge in [0.2, 0.25) is 0 Å². The number of aliphatic hydroxyl groups excluding tert-OH is 1. The van der Waals surface area contributed by atoms with Gasteiger partial charge in [-0.1, -0.05) is 42.5 Å². The molecule has 0 spiro atoms. The highest BCUT2D eigenvalue weighted by Crippen LogP contribution is 2.35. The van der Waals surface area contributed by atoms with Gasteiger partial charge in [-0.2, -0.15) is 13.2 Å². The smallest absolute Gasteiger partial charge is 0.384 e. The van der Waals surface area contributed by atoms with Gasteiger partial charge in [0.05, 0.1) is 5.56 Å². The van der Waals surface area contributed by atoms with Crippen molar-refractivity contribution in [3.8, 4) is 10.4 Å². The average Bonchev–Trinajstić information content (AvgIpc) is 3.04. The molecule has 0 bridgehead atoms. The normalized spacial score (nSPS) is 13.0. The summed E-state index contributed by atoms with van der Waals surface area (Å²) in [4.78, 5) is 0.823. The third-order valence-corrected chi connectivity index (χ3v) is 4.55. The molecule has 1 unspecified atom stereocenters. The first-order chi connectivity index (χ1) is 10.9. The molecule has 23 heavy (non-hydrogen) atoms. The summed E-state index contributed by atoms with van der Waals surface area (Å²) in [5.74, 6) is 0. The van der Waals surface area contributed by atoms with Crippen molar-refractivity contribution in [3.05, 3.63) is 82.7 Å². The minimum Gasteiger partial charge on any atom is -0.384 e. The molecule has 5 heteroatoms. The van der Waals surface area contributed by atoms with Gasteiger partial charge in [-0.15, -0.1) is 11.3 Å². The second-order valence-corrected chi connectivity index (χ2v) is 6.04. The molecule has 1 atom stereocenters. The predicted octanol–water partition coefficient (Wildman–Crippen LogP) is 5.52. The zero-order valence-corrected chi connectivity index (χ0v) is 12.7. The number of hydrogen-bond donors (Lipinski definition) is 1. The molecular weight excluding hydrogens is 321 g/mol. The molecule has 0 aliphatic heterocycles. The maximum absolute atomic E-state index is 12.6. The third kappa shape index (κ3) is 3.46. The van der Waals surface area contributed by atoms with Crippen LogP contribution < -0.4 is 0 Å². The number of hydrogen-bond acceptors (Lipinski definition) is 2. The van der Waals surface area contributed by atoms with Crippen LogP contribution >= 0.6 is 11.3 Å². The van der Waals surface area contributed by atoms with Gasteiger partial charge in [0.15, 0.2) is 0 Å². The highest BCUT2D eigenvalue weighted by Gasteiger charge is 2.30. The van der Waals surface area contributed by atoms with Gasteiger partial charge in [-0.05, 0) is 40.3 Å².